The Hall–Kier alpha value is -1.81. The van der Waals surface area contributed by atoms with Crippen LogP contribution in [0.1, 0.15) is 12.5 Å². The molecule has 1 saturated heterocycles. The fourth-order valence-corrected chi connectivity index (χ4v) is 2.13. The molecule has 0 spiro atoms. The molecular weight excluding hydrogens is 204 g/mol. The van der Waals surface area contributed by atoms with E-state index in [0.29, 0.717) is 11.3 Å². The first-order chi connectivity index (χ1) is 7.68. The maximum Gasteiger partial charge on any atom is 0.160 e. The van der Waals surface area contributed by atoms with Crippen molar-refractivity contribution in [1.82, 2.24) is 0 Å². The normalized spacial score (nSPS) is 26.3. The maximum atomic E-state index is 11.6. The highest BCUT2D eigenvalue weighted by Gasteiger charge is 2.46. The third-order valence-corrected chi connectivity index (χ3v) is 2.96. The van der Waals surface area contributed by atoms with Crippen molar-refractivity contribution in [1.29, 1.82) is 0 Å². The number of hydrogen-bond acceptors (Lipinski definition) is 4. The van der Waals surface area contributed by atoms with Crippen LogP contribution in [-0.2, 0) is 9.53 Å². The van der Waals surface area contributed by atoms with Gasteiger partial charge in [-0.3, -0.25) is 4.79 Å². The molecule has 3 rings (SSSR count). The van der Waals surface area contributed by atoms with E-state index in [9.17, 15) is 4.79 Å². The molecular formula is C12H12N2O2. The van der Waals surface area contributed by atoms with Gasteiger partial charge in [-0.1, -0.05) is 18.2 Å². The van der Waals surface area contributed by atoms with Crippen molar-refractivity contribution >= 4 is 17.2 Å². The molecule has 0 radical (unpaired) electrons. The SMILES string of the molecule is CC(=O)C1=C(N)c2ccccc2NC2OC12. The van der Waals surface area contributed by atoms with E-state index in [-0.39, 0.29) is 18.1 Å². The predicted octanol–water partition coefficient (Wildman–Crippen LogP) is 1.10. The summed E-state index contributed by atoms with van der Waals surface area (Å²) in [5, 5.41) is 3.22. The molecule has 0 saturated carbocycles. The number of ether oxygens (including phenoxy) is 1. The lowest BCUT2D eigenvalue weighted by molar-refractivity contribution is -0.113. The fraction of sp³-hybridized carbons (Fsp3) is 0.250. The van der Waals surface area contributed by atoms with Crippen molar-refractivity contribution in [2.24, 2.45) is 5.73 Å². The van der Waals surface area contributed by atoms with Gasteiger partial charge in [0.25, 0.3) is 0 Å². The molecule has 0 aromatic heterocycles. The van der Waals surface area contributed by atoms with Gasteiger partial charge in [0, 0.05) is 11.3 Å². The summed E-state index contributed by atoms with van der Waals surface area (Å²) in [6, 6.07) is 7.67. The van der Waals surface area contributed by atoms with E-state index in [0.717, 1.165) is 11.3 Å². The highest BCUT2D eigenvalue weighted by atomic mass is 16.6. The van der Waals surface area contributed by atoms with Crippen molar-refractivity contribution in [2.45, 2.75) is 19.3 Å². The Morgan fingerprint density at radius 2 is 2.19 bits per heavy atom. The summed E-state index contributed by atoms with van der Waals surface area (Å²) < 4.78 is 5.39. The summed E-state index contributed by atoms with van der Waals surface area (Å²) in [6.07, 6.45) is -0.300. The van der Waals surface area contributed by atoms with Crippen LogP contribution in [0.15, 0.2) is 29.8 Å². The van der Waals surface area contributed by atoms with Crippen LogP contribution in [0.25, 0.3) is 5.70 Å². The standard InChI is InChI=1S/C12H12N2O2/c1-6(15)9-10(13)7-4-2-3-5-8(7)14-12-11(9)16-12/h2-5,11-12,14H,13H2,1H3. The molecule has 82 valence electrons. The van der Waals surface area contributed by atoms with Crippen LogP contribution in [0.2, 0.25) is 0 Å². The number of nitrogens with two attached hydrogens (primary N) is 1. The quantitative estimate of drug-likeness (QED) is 0.690. The van der Waals surface area contributed by atoms with Crippen molar-refractivity contribution in [3.8, 4) is 0 Å². The first-order valence-corrected chi connectivity index (χ1v) is 5.20. The molecule has 0 aliphatic carbocycles. The minimum atomic E-state index is -0.190. The van der Waals surface area contributed by atoms with E-state index in [1.165, 1.54) is 6.92 Å². The van der Waals surface area contributed by atoms with Crippen LogP contribution in [0.5, 0.6) is 0 Å². The molecule has 0 bridgehead atoms. The summed E-state index contributed by atoms with van der Waals surface area (Å²) in [5.41, 5.74) is 8.96. The molecule has 4 heteroatoms. The number of carbonyl (C=O) groups is 1. The van der Waals surface area contributed by atoms with Gasteiger partial charge in [-0.05, 0) is 13.0 Å². The number of nitrogens with one attached hydrogen (secondary N) is 1. The molecule has 3 N–H and O–H groups in total. The largest absolute Gasteiger partial charge is 0.398 e. The maximum absolute atomic E-state index is 11.6. The van der Waals surface area contributed by atoms with Crippen LogP contribution in [0.3, 0.4) is 0 Å². The Kier molecular flexibility index (Phi) is 1.82. The predicted molar refractivity (Wildman–Crippen MR) is 60.5 cm³/mol. The van der Waals surface area contributed by atoms with Gasteiger partial charge >= 0.3 is 0 Å². The number of hydrogen-bond donors (Lipinski definition) is 2. The molecule has 1 aromatic rings. The van der Waals surface area contributed by atoms with Gasteiger partial charge in [0.2, 0.25) is 0 Å². The molecule has 0 amide bonds. The Bertz CT molecular complexity index is 507. The number of Topliss-reactive ketones (excluding diaryl/α,β-unsaturated/α-hetero) is 1. The summed E-state index contributed by atoms with van der Waals surface area (Å²) in [4.78, 5) is 11.6. The van der Waals surface area contributed by atoms with Crippen LogP contribution < -0.4 is 11.1 Å². The minimum absolute atomic E-state index is 0.0245. The number of para-hydroxylation sites is 1. The molecule has 2 atom stereocenters. The molecule has 2 unspecified atom stereocenters. The second-order valence-electron chi connectivity index (χ2n) is 4.05. The zero-order valence-electron chi connectivity index (χ0n) is 8.86. The van der Waals surface area contributed by atoms with Gasteiger partial charge in [0.05, 0.1) is 11.3 Å². The number of anilines is 1. The second-order valence-corrected chi connectivity index (χ2v) is 4.05. The van der Waals surface area contributed by atoms with Crippen LogP contribution in [0, 0.1) is 0 Å². The highest BCUT2D eigenvalue weighted by Crippen LogP contribution is 2.39. The topological polar surface area (TPSA) is 67.7 Å². The van der Waals surface area contributed by atoms with E-state index < -0.39 is 0 Å². The first kappa shape index (κ1) is 9.42. The van der Waals surface area contributed by atoms with E-state index in [4.69, 9.17) is 10.5 Å². The summed E-state index contributed by atoms with van der Waals surface area (Å²) in [5.74, 6) is -0.0245. The van der Waals surface area contributed by atoms with E-state index in [1.807, 2.05) is 24.3 Å². The third kappa shape index (κ3) is 1.23. The first-order valence-electron chi connectivity index (χ1n) is 5.20. The lowest BCUT2D eigenvalue weighted by atomic mass is 10.0. The fourth-order valence-electron chi connectivity index (χ4n) is 2.13. The van der Waals surface area contributed by atoms with Gasteiger partial charge < -0.3 is 15.8 Å². The van der Waals surface area contributed by atoms with Crippen LogP contribution in [0.4, 0.5) is 5.69 Å². The monoisotopic (exact) mass is 216 g/mol. The van der Waals surface area contributed by atoms with Gasteiger partial charge in [-0.15, -0.1) is 0 Å². The Balaban J connectivity index is 2.21. The molecule has 1 fully saturated rings. The second kappa shape index (κ2) is 3.09. The van der Waals surface area contributed by atoms with Gasteiger partial charge in [0.15, 0.2) is 12.0 Å². The van der Waals surface area contributed by atoms with Gasteiger partial charge in [-0.25, -0.2) is 0 Å². The average Bonchev–Trinajstić information content (AvgIpc) is 2.97. The number of benzene rings is 1. The van der Waals surface area contributed by atoms with Gasteiger partial charge in [0.1, 0.15) is 6.10 Å². The molecule has 2 heterocycles. The van der Waals surface area contributed by atoms with Gasteiger partial charge in [-0.2, -0.15) is 0 Å². The zero-order valence-corrected chi connectivity index (χ0v) is 8.86. The van der Waals surface area contributed by atoms with Crippen LogP contribution >= 0.6 is 0 Å². The minimum Gasteiger partial charge on any atom is -0.398 e. The molecule has 2 aliphatic heterocycles. The summed E-state index contributed by atoms with van der Waals surface area (Å²) >= 11 is 0. The Morgan fingerprint density at radius 1 is 1.44 bits per heavy atom. The molecule has 2 aliphatic rings. The highest BCUT2D eigenvalue weighted by molar-refractivity contribution is 6.04. The Labute approximate surface area is 93.1 Å². The number of ketones is 1. The lowest BCUT2D eigenvalue weighted by Gasteiger charge is -2.10. The van der Waals surface area contributed by atoms with E-state index >= 15 is 0 Å². The number of fused-ring (bicyclic) bond motifs is 2. The van der Waals surface area contributed by atoms with E-state index in [2.05, 4.69) is 5.32 Å². The van der Waals surface area contributed by atoms with Crippen molar-refractivity contribution in [2.75, 3.05) is 5.32 Å². The Morgan fingerprint density at radius 3 is 2.94 bits per heavy atom. The molecule has 4 nitrogen and oxygen atoms in total. The van der Waals surface area contributed by atoms with Crippen molar-refractivity contribution < 1.29 is 9.53 Å². The zero-order chi connectivity index (χ0) is 11.3. The van der Waals surface area contributed by atoms with Crippen molar-refractivity contribution in [3.05, 3.63) is 35.4 Å². The molecule has 16 heavy (non-hydrogen) atoms. The molecule has 1 aromatic carbocycles. The smallest absolute Gasteiger partial charge is 0.160 e. The van der Waals surface area contributed by atoms with E-state index in [1.54, 1.807) is 0 Å². The number of epoxide rings is 1. The third-order valence-electron chi connectivity index (χ3n) is 2.96. The summed E-state index contributed by atoms with van der Waals surface area (Å²) in [6.45, 7) is 1.52. The average molecular weight is 216 g/mol. The summed E-state index contributed by atoms with van der Waals surface area (Å²) in [7, 11) is 0. The van der Waals surface area contributed by atoms with Crippen LogP contribution in [-0.4, -0.2) is 18.1 Å². The van der Waals surface area contributed by atoms with Crippen molar-refractivity contribution in [3.63, 3.8) is 0 Å². The number of carbonyl (C=O) groups excluding carboxylic acids is 1. The number of rotatable bonds is 1. The lowest BCUT2D eigenvalue weighted by Crippen LogP contribution is -2.13.